The van der Waals surface area contributed by atoms with E-state index in [1.807, 2.05) is 30.5 Å². The van der Waals surface area contributed by atoms with E-state index in [0.717, 1.165) is 10.6 Å². The second-order valence-electron chi connectivity index (χ2n) is 3.91. The van der Waals surface area contributed by atoms with Crippen molar-refractivity contribution < 1.29 is 9.59 Å². The van der Waals surface area contributed by atoms with Crippen molar-refractivity contribution in [2.45, 2.75) is 11.8 Å². The number of Topliss-reactive ketones (excluding diaryl/α,β-unsaturated/α-hetero) is 1. The molecule has 0 aliphatic heterocycles. The van der Waals surface area contributed by atoms with Crippen molar-refractivity contribution in [3.05, 3.63) is 46.2 Å². The molecule has 2 aromatic rings. The van der Waals surface area contributed by atoms with Crippen molar-refractivity contribution in [2.24, 2.45) is 0 Å². The van der Waals surface area contributed by atoms with Gasteiger partial charge in [-0.1, -0.05) is 6.07 Å². The first-order valence-corrected chi connectivity index (χ1v) is 7.70. The van der Waals surface area contributed by atoms with Crippen LogP contribution in [0.25, 0.3) is 0 Å². The third-order valence-electron chi connectivity index (χ3n) is 2.50. The molecule has 3 nitrogen and oxygen atoms in total. The number of nitrogens with one attached hydrogen (secondary N) is 1. The Hall–Kier alpha value is -1.59. The highest BCUT2D eigenvalue weighted by atomic mass is 32.2. The lowest BCUT2D eigenvalue weighted by molar-refractivity contribution is 0.101. The highest BCUT2D eigenvalue weighted by Gasteiger charge is 2.11. The zero-order valence-electron chi connectivity index (χ0n) is 10.6. The maximum Gasteiger partial charge on any atom is 0.265 e. The average Bonchev–Trinajstić information content (AvgIpc) is 2.89. The summed E-state index contributed by atoms with van der Waals surface area (Å²) in [4.78, 5) is 25.5. The molecule has 98 valence electrons. The highest BCUT2D eigenvalue weighted by molar-refractivity contribution is 7.98. The van der Waals surface area contributed by atoms with Gasteiger partial charge in [0, 0.05) is 10.6 Å². The first-order valence-electron chi connectivity index (χ1n) is 5.66. The van der Waals surface area contributed by atoms with E-state index in [1.54, 1.807) is 23.9 Å². The molecule has 0 saturated heterocycles. The van der Waals surface area contributed by atoms with E-state index in [1.165, 1.54) is 18.3 Å². The van der Waals surface area contributed by atoms with E-state index < -0.39 is 0 Å². The molecule has 0 radical (unpaired) electrons. The number of ketones is 1. The van der Waals surface area contributed by atoms with E-state index in [4.69, 9.17) is 0 Å². The highest BCUT2D eigenvalue weighted by Crippen LogP contribution is 2.21. The molecule has 0 unspecified atom stereocenters. The maximum atomic E-state index is 12.0. The Labute approximate surface area is 120 Å². The second kappa shape index (κ2) is 6.04. The number of amides is 1. The van der Waals surface area contributed by atoms with Gasteiger partial charge in [-0.05, 0) is 43.5 Å². The minimum atomic E-state index is -0.184. The first kappa shape index (κ1) is 13.8. The Morgan fingerprint density at radius 1 is 1.16 bits per heavy atom. The van der Waals surface area contributed by atoms with Crippen LogP contribution in [0.4, 0.5) is 5.69 Å². The fraction of sp³-hybridized carbons (Fsp3) is 0.143. The molecule has 1 aromatic carbocycles. The van der Waals surface area contributed by atoms with Crippen LogP contribution in [0.2, 0.25) is 0 Å². The molecule has 0 fully saturated rings. The minimum absolute atomic E-state index is 0.0200. The number of carbonyl (C=O) groups excluding carboxylic acids is 2. The first-order chi connectivity index (χ1) is 9.10. The lowest BCUT2D eigenvalue weighted by atomic mass is 10.3. The van der Waals surface area contributed by atoms with Crippen LogP contribution in [0.1, 0.15) is 26.3 Å². The summed E-state index contributed by atoms with van der Waals surface area (Å²) in [6.07, 6.45) is 1.99. The summed E-state index contributed by atoms with van der Waals surface area (Å²) in [5.41, 5.74) is 0.759. The van der Waals surface area contributed by atoms with Crippen LogP contribution in [0, 0.1) is 0 Å². The van der Waals surface area contributed by atoms with E-state index in [0.29, 0.717) is 9.75 Å². The van der Waals surface area contributed by atoms with E-state index in [9.17, 15) is 9.59 Å². The van der Waals surface area contributed by atoms with Gasteiger partial charge in [0.05, 0.1) is 9.75 Å². The van der Waals surface area contributed by atoms with Crippen LogP contribution in [-0.2, 0) is 0 Å². The summed E-state index contributed by atoms with van der Waals surface area (Å²) in [5.74, 6) is -0.204. The van der Waals surface area contributed by atoms with E-state index in [2.05, 4.69) is 5.32 Å². The third kappa shape index (κ3) is 3.45. The van der Waals surface area contributed by atoms with Gasteiger partial charge in [-0.25, -0.2) is 0 Å². The molecule has 1 N–H and O–H groups in total. The van der Waals surface area contributed by atoms with Crippen LogP contribution >= 0.6 is 23.1 Å². The molecular weight excluding hydrogens is 278 g/mol. The maximum absolute atomic E-state index is 12.0. The van der Waals surface area contributed by atoms with Crippen LogP contribution in [0.15, 0.2) is 41.3 Å². The van der Waals surface area contributed by atoms with Crippen LogP contribution in [0.3, 0.4) is 0 Å². The summed E-state index contributed by atoms with van der Waals surface area (Å²) in [6.45, 7) is 1.50. The van der Waals surface area contributed by atoms with Crippen LogP contribution < -0.4 is 5.32 Å². The molecule has 0 atom stereocenters. The van der Waals surface area contributed by atoms with Gasteiger partial charge >= 0.3 is 0 Å². The SMILES string of the molecule is CSc1cccc(NC(=O)c2ccc(C(C)=O)s2)c1. The monoisotopic (exact) mass is 291 g/mol. The number of carbonyl (C=O) groups is 2. The van der Waals surface area contributed by atoms with Gasteiger partial charge in [0.1, 0.15) is 0 Å². The fourth-order valence-corrected chi connectivity index (χ4v) is 2.80. The van der Waals surface area contributed by atoms with Crippen molar-refractivity contribution >= 4 is 40.5 Å². The molecule has 1 heterocycles. The number of benzene rings is 1. The quantitative estimate of drug-likeness (QED) is 0.686. The van der Waals surface area contributed by atoms with Gasteiger partial charge in [-0.15, -0.1) is 23.1 Å². The topological polar surface area (TPSA) is 46.2 Å². The summed E-state index contributed by atoms with van der Waals surface area (Å²) in [7, 11) is 0. The lowest BCUT2D eigenvalue weighted by Crippen LogP contribution is -2.09. The molecule has 0 aliphatic carbocycles. The zero-order chi connectivity index (χ0) is 13.8. The molecule has 1 aromatic heterocycles. The van der Waals surface area contributed by atoms with Crippen LogP contribution in [-0.4, -0.2) is 17.9 Å². The Morgan fingerprint density at radius 3 is 2.53 bits per heavy atom. The Kier molecular flexibility index (Phi) is 4.39. The van der Waals surface area contributed by atoms with E-state index >= 15 is 0 Å². The molecule has 0 spiro atoms. The number of thioether (sulfide) groups is 1. The van der Waals surface area contributed by atoms with Gasteiger partial charge in [-0.3, -0.25) is 9.59 Å². The predicted octanol–water partition coefficient (Wildman–Crippen LogP) is 3.92. The van der Waals surface area contributed by atoms with E-state index in [-0.39, 0.29) is 11.7 Å². The minimum Gasteiger partial charge on any atom is -0.321 e. The van der Waals surface area contributed by atoms with Crippen LogP contribution in [0.5, 0.6) is 0 Å². The average molecular weight is 291 g/mol. The summed E-state index contributed by atoms with van der Waals surface area (Å²) >= 11 is 2.83. The molecule has 2 rings (SSSR count). The van der Waals surface area contributed by atoms with Gasteiger partial charge in [0.25, 0.3) is 5.91 Å². The van der Waals surface area contributed by atoms with Crippen molar-refractivity contribution in [1.29, 1.82) is 0 Å². The summed E-state index contributed by atoms with van der Waals surface area (Å²) < 4.78 is 0. The number of anilines is 1. The Balaban J connectivity index is 2.13. The molecule has 19 heavy (non-hydrogen) atoms. The number of thiophene rings is 1. The second-order valence-corrected chi connectivity index (χ2v) is 5.87. The van der Waals surface area contributed by atoms with Crippen molar-refractivity contribution in [1.82, 2.24) is 0 Å². The molecule has 0 saturated carbocycles. The van der Waals surface area contributed by atoms with Gasteiger partial charge < -0.3 is 5.32 Å². The lowest BCUT2D eigenvalue weighted by Gasteiger charge is -2.04. The standard InChI is InChI=1S/C14H13NO2S2/c1-9(16)12-6-7-13(19-12)14(17)15-10-4-3-5-11(8-10)18-2/h3-8H,1-2H3,(H,15,17). The molecular formula is C14H13NO2S2. The molecule has 1 amide bonds. The van der Waals surface area contributed by atoms with Gasteiger partial charge in [0.15, 0.2) is 5.78 Å². The summed E-state index contributed by atoms with van der Waals surface area (Å²) in [6, 6.07) is 11.0. The number of hydrogen-bond acceptors (Lipinski definition) is 4. The van der Waals surface area contributed by atoms with Crippen molar-refractivity contribution in [3.63, 3.8) is 0 Å². The number of hydrogen-bond donors (Lipinski definition) is 1. The van der Waals surface area contributed by atoms with Crippen molar-refractivity contribution in [2.75, 3.05) is 11.6 Å². The predicted molar refractivity (Wildman–Crippen MR) is 80.5 cm³/mol. The largest absolute Gasteiger partial charge is 0.321 e. The van der Waals surface area contributed by atoms with Gasteiger partial charge in [-0.2, -0.15) is 0 Å². The smallest absolute Gasteiger partial charge is 0.265 e. The molecule has 0 bridgehead atoms. The van der Waals surface area contributed by atoms with Gasteiger partial charge in [0.2, 0.25) is 0 Å². The summed E-state index contributed by atoms with van der Waals surface area (Å²) in [5, 5.41) is 2.83. The fourth-order valence-electron chi connectivity index (χ4n) is 1.54. The normalized spacial score (nSPS) is 10.2. The zero-order valence-corrected chi connectivity index (χ0v) is 12.2. The van der Waals surface area contributed by atoms with Crippen molar-refractivity contribution in [3.8, 4) is 0 Å². The molecule has 5 heteroatoms. The Morgan fingerprint density at radius 2 is 1.89 bits per heavy atom. The molecule has 0 aliphatic rings. The third-order valence-corrected chi connectivity index (χ3v) is 4.41. The Bertz CT molecular complexity index is 619. The number of rotatable bonds is 4.